The number of rotatable bonds is 17. The van der Waals surface area contributed by atoms with Crippen LogP contribution in [-0.2, 0) is 33.2 Å². The Morgan fingerprint density at radius 1 is 0.942 bits per heavy atom. The lowest BCUT2D eigenvalue weighted by Crippen LogP contribution is -2.41. The van der Waals surface area contributed by atoms with Crippen molar-refractivity contribution in [3.63, 3.8) is 0 Å². The summed E-state index contributed by atoms with van der Waals surface area (Å²) in [4.78, 5) is 43.5. The second-order valence-corrected chi connectivity index (χ2v) is 21.1. The van der Waals surface area contributed by atoms with Crippen molar-refractivity contribution in [2.75, 3.05) is 41.5 Å². The van der Waals surface area contributed by atoms with Crippen LogP contribution in [-0.4, -0.2) is 93.7 Å². The molecule has 1 saturated heterocycles. The van der Waals surface area contributed by atoms with Crippen LogP contribution in [0.4, 0.5) is 25.5 Å². The van der Waals surface area contributed by atoms with Gasteiger partial charge in [-0.25, -0.2) is 23.4 Å². The molecule has 2 fully saturated rings. The van der Waals surface area contributed by atoms with Crippen molar-refractivity contribution in [2.24, 2.45) is 5.92 Å². The zero-order valence-electron chi connectivity index (χ0n) is 37.0. The van der Waals surface area contributed by atoms with Crippen molar-refractivity contribution in [3.8, 4) is 22.8 Å². The zero-order chi connectivity index (χ0) is 47.9. The summed E-state index contributed by atoms with van der Waals surface area (Å²) in [6.45, 7) is 5.23. The fourth-order valence-electron chi connectivity index (χ4n) is 8.56. The lowest BCUT2D eigenvalue weighted by Gasteiger charge is -2.34. The van der Waals surface area contributed by atoms with E-state index in [1.807, 2.05) is 36.1 Å². The lowest BCUT2D eigenvalue weighted by atomic mass is 9.94. The number of aryl methyl sites for hydroxylation is 1. The third-order valence-corrected chi connectivity index (χ3v) is 16.2. The number of benzene rings is 2. The Hall–Kier alpha value is -6.59. The summed E-state index contributed by atoms with van der Waals surface area (Å²) in [5.74, 6) is -0.210. The Labute approximate surface area is 403 Å². The van der Waals surface area contributed by atoms with Crippen LogP contribution in [0.15, 0.2) is 101 Å². The second-order valence-electron chi connectivity index (χ2n) is 17.3. The quantitative estimate of drug-likeness (QED) is 0.0571. The average Bonchev–Trinajstić information content (AvgIpc) is 3.71. The minimum Gasteiger partial charge on any atom is -0.395 e. The van der Waals surface area contributed by atoms with Gasteiger partial charge in [0.25, 0.3) is 15.9 Å². The number of anilines is 3. The summed E-state index contributed by atoms with van der Waals surface area (Å²) < 4.78 is 66.2. The first-order chi connectivity index (χ1) is 33.2. The number of sulfonamides is 1. The number of amides is 2. The van der Waals surface area contributed by atoms with Crippen LogP contribution in [0.1, 0.15) is 52.7 Å². The van der Waals surface area contributed by atoms with Crippen LogP contribution in [0.25, 0.3) is 21.6 Å². The number of likely N-dealkylation sites (tertiary alicyclic amines) is 1. The number of ether oxygens (including phenoxy) is 2. The molecule has 69 heavy (non-hydrogen) atoms. The fraction of sp³-hybridized carbons (Fsp3) is 0.319. The number of hydrogen-bond donors (Lipinski definition) is 5. The van der Waals surface area contributed by atoms with E-state index in [0.29, 0.717) is 69.6 Å². The Kier molecular flexibility index (Phi) is 12.5. The molecule has 7 heterocycles. The lowest BCUT2D eigenvalue weighted by molar-refractivity contribution is -0.286. The van der Waals surface area contributed by atoms with Gasteiger partial charge < -0.3 is 35.4 Å². The molecule has 1 aliphatic carbocycles. The van der Waals surface area contributed by atoms with Crippen molar-refractivity contribution in [3.05, 3.63) is 119 Å². The summed E-state index contributed by atoms with van der Waals surface area (Å²) in [5.41, 5.74) is 3.91. The van der Waals surface area contributed by atoms with Crippen molar-refractivity contribution in [1.29, 1.82) is 0 Å². The smallest absolute Gasteiger partial charge is 0.395 e. The summed E-state index contributed by atoms with van der Waals surface area (Å²) >= 11 is 2.38. The first kappa shape index (κ1) is 46.2. The molecular formula is C47H46F2N10O7S3. The monoisotopic (exact) mass is 996 g/mol. The van der Waals surface area contributed by atoms with Gasteiger partial charge in [-0.1, -0.05) is 41.7 Å². The highest BCUT2D eigenvalue weighted by Gasteiger charge is 2.53. The summed E-state index contributed by atoms with van der Waals surface area (Å²) in [5, 5.41) is 26.8. The summed E-state index contributed by atoms with van der Waals surface area (Å²) in [7, 11) is -3.73. The minimum atomic E-state index is -3.75. The number of fused-ring (bicyclic) bond motifs is 2. The third-order valence-electron chi connectivity index (χ3n) is 12.5. The van der Waals surface area contributed by atoms with Crippen LogP contribution in [0, 0.1) is 12.8 Å². The molecule has 2 aromatic carbocycles. The number of aliphatic hydroxyl groups is 1. The number of alkyl halides is 2. The molecule has 17 nitrogen and oxygen atoms in total. The number of carbonyl (C=O) groups is 2. The second kappa shape index (κ2) is 18.7. The van der Waals surface area contributed by atoms with Crippen molar-refractivity contribution in [1.82, 2.24) is 34.9 Å². The van der Waals surface area contributed by atoms with Gasteiger partial charge in [-0.15, -0.1) is 20.1 Å². The number of nitrogens with zero attached hydrogens (tertiary/aromatic N) is 6. The molecule has 0 bridgehead atoms. The molecular weight excluding hydrogens is 951 g/mol. The molecule has 5 N–H and O–H groups in total. The van der Waals surface area contributed by atoms with Crippen molar-refractivity contribution in [2.45, 2.75) is 67.7 Å². The zero-order valence-corrected chi connectivity index (χ0v) is 39.5. The van der Waals surface area contributed by atoms with Crippen LogP contribution in [0.2, 0.25) is 0 Å². The van der Waals surface area contributed by atoms with Gasteiger partial charge in [-0.3, -0.25) is 19.0 Å². The number of halogens is 2. The molecule has 1 unspecified atom stereocenters. The molecule has 22 heteroatoms. The Morgan fingerprint density at radius 2 is 1.75 bits per heavy atom. The highest BCUT2D eigenvalue weighted by Crippen LogP contribution is 2.52. The van der Waals surface area contributed by atoms with Crippen LogP contribution in [0.5, 0.6) is 11.5 Å². The predicted molar refractivity (Wildman–Crippen MR) is 256 cm³/mol. The van der Waals surface area contributed by atoms with E-state index in [1.54, 1.807) is 53.9 Å². The normalized spacial score (nSPS) is 16.8. The fourth-order valence-corrected chi connectivity index (χ4v) is 11.4. The number of hydrogen-bond acceptors (Lipinski definition) is 15. The Bertz CT molecular complexity index is 3160. The topological polar surface area (TPSA) is 215 Å². The molecule has 1 atom stereocenters. The first-order valence-corrected chi connectivity index (χ1v) is 25.5. The Balaban J connectivity index is 0.662. The number of aliphatic hydroxyl groups excluding tert-OH is 1. The number of carbonyl (C=O) groups excluding carboxylic acids is 2. The Morgan fingerprint density at radius 3 is 2.55 bits per heavy atom. The molecule has 10 rings (SSSR count). The van der Waals surface area contributed by atoms with E-state index in [1.165, 1.54) is 29.5 Å². The molecule has 0 radical (unpaired) electrons. The standard InChI is InChI=1S/C47H46F2N10O7S3/c1-28-7-11-37(55-44(62)46(16-17-46)33-8-10-35-36(25-33)66-47(48,49)65-35)53-40(28)31-4-2-5-32(24-31)41(60)50-18-22-59-27-29(26-51-59)13-19-58-20-14-30(15-21-58)42(61)56-45-52-34-9-12-38(54-43(34)68-45)57-69(63,64)39-6-3-23-67-39/h2-12,23-27,30,42,61H,13-22H2,1H3,(H,50,60)(H,52,56)(H,54,57)(H,53,55,62). The molecule has 2 amide bonds. The van der Waals surface area contributed by atoms with E-state index in [4.69, 9.17) is 4.98 Å². The van der Waals surface area contributed by atoms with Gasteiger partial charge in [0.2, 0.25) is 5.91 Å². The predicted octanol–water partition coefficient (Wildman–Crippen LogP) is 7.23. The van der Waals surface area contributed by atoms with Crippen LogP contribution >= 0.6 is 22.7 Å². The van der Waals surface area contributed by atoms with Gasteiger partial charge in [0.05, 0.1) is 23.9 Å². The number of aromatic nitrogens is 5. The van der Waals surface area contributed by atoms with Gasteiger partial charge in [-0.05, 0) is 123 Å². The van der Waals surface area contributed by atoms with E-state index >= 15 is 0 Å². The summed E-state index contributed by atoms with van der Waals surface area (Å²) in [6.07, 6.45) is 2.76. The maximum absolute atomic E-state index is 13.6. The third kappa shape index (κ3) is 10.3. The van der Waals surface area contributed by atoms with Gasteiger partial charge in [-0.2, -0.15) is 5.10 Å². The SMILES string of the molecule is Cc1ccc(NC(=O)C2(c3ccc4c(c3)OC(F)(F)O4)CC2)nc1-c1cccc(C(=O)NCCn2cc(CCN3CCC(C(O)Nc4nc5ccc(NS(=O)(=O)c6cccs6)nc5s4)CC3)cn2)c1. The van der Waals surface area contributed by atoms with Crippen LogP contribution in [0.3, 0.4) is 0 Å². The number of nitrogens with one attached hydrogen (secondary N) is 4. The van der Waals surface area contributed by atoms with E-state index in [0.717, 1.165) is 61.4 Å². The first-order valence-electron chi connectivity index (χ1n) is 22.3. The molecule has 3 aliphatic rings. The number of piperidine rings is 1. The minimum absolute atomic E-state index is 0.0301. The highest BCUT2D eigenvalue weighted by atomic mass is 32.2. The maximum atomic E-state index is 13.6. The number of pyridine rings is 2. The van der Waals surface area contributed by atoms with Gasteiger partial charge in [0.15, 0.2) is 16.6 Å². The molecule has 1 saturated carbocycles. The summed E-state index contributed by atoms with van der Waals surface area (Å²) in [6, 6.07) is 21.5. The molecule has 0 spiro atoms. The molecule has 5 aromatic heterocycles. The highest BCUT2D eigenvalue weighted by molar-refractivity contribution is 7.94. The van der Waals surface area contributed by atoms with E-state index < -0.39 is 28.0 Å². The van der Waals surface area contributed by atoms with E-state index in [2.05, 4.69) is 50.1 Å². The largest absolute Gasteiger partial charge is 0.586 e. The van der Waals surface area contributed by atoms with Gasteiger partial charge in [0.1, 0.15) is 32.4 Å². The van der Waals surface area contributed by atoms with Crippen LogP contribution < -0.4 is 30.1 Å². The van der Waals surface area contributed by atoms with Crippen molar-refractivity contribution < 1.29 is 41.4 Å². The average molecular weight is 997 g/mol. The maximum Gasteiger partial charge on any atom is 0.586 e. The number of thiazole rings is 1. The molecule has 7 aromatic rings. The van der Waals surface area contributed by atoms with E-state index in [-0.39, 0.29) is 39.3 Å². The van der Waals surface area contributed by atoms with Gasteiger partial charge in [0, 0.05) is 36.3 Å². The van der Waals surface area contributed by atoms with Gasteiger partial charge >= 0.3 is 6.29 Å². The van der Waals surface area contributed by atoms with E-state index in [9.17, 15) is 31.9 Å². The molecule has 358 valence electrons. The number of thiophene rings is 1. The molecule has 2 aliphatic heterocycles. The van der Waals surface area contributed by atoms with Crippen molar-refractivity contribution >= 4 is 71.6 Å².